The first-order valence-electron chi connectivity index (χ1n) is 9.80. The van der Waals surface area contributed by atoms with E-state index in [4.69, 9.17) is 9.47 Å². The van der Waals surface area contributed by atoms with Crippen LogP contribution in [0.25, 0.3) is 10.9 Å². The van der Waals surface area contributed by atoms with Crippen LogP contribution in [-0.2, 0) is 11.3 Å². The van der Waals surface area contributed by atoms with E-state index < -0.39 is 0 Å². The number of halogens is 1. The summed E-state index contributed by atoms with van der Waals surface area (Å²) in [6.07, 6.45) is 2.05. The summed E-state index contributed by atoms with van der Waals surface area (Å²) in [6.45, 7) is 0.829. The number of nitrogens with zero attached hydrogens (tertiary/aromatic N) is 1. The summed E-state index contributed by atoms with van der Waals surface area (Å²) in [4.78, 5) is 13.5. The number of aromatic nitrogens is 1. The van der Waals surface area contributed by atoms with Crippen molar-refractivity contribution in [1.82, 2.24) is 4.57 Å². The first-order valence-corrected chi connectivity index (χ1v) is 10.8. The third kappa shape index (κ3) is 4.22. The second-order valence-electron chi connectivity index (χ2n) is 7.17. The molecule has 1 amide bonds. The van der Waals surface area contributed by atoms with E-state index in [1.54, 1.807) is 30.3 Å². The SMILES string of the molecule is O=C(CSc1cn(Cc2ccc(F)cc2)c2ccccc12)Nc1ccc2c(c1)OCO2. The molecule has 0 atom stereocenters. The molecular weight excluding hydrogens is 415 g/mol. The fraction of sp³-hybridized carbons (Fsp3) is 0.125. The molecule has 1 N–H and O–H groups in total. The highest BCUT2D eigenvalue weighted by atomic mass is 32.2. The van der Waals surface area contributed by atoms with Crippen LogP contribution < -0.4 is 14.8 Å². The van der Waals surface area contributed by atoms with E-state index in [9.17, 15) is 9.18 Å². The van der Waals surface area contributed by atoms with Gasteiger partial charge in [-0.25, -0.2) is 4.39 Å². The summed E-state index contributed by atoms with van der Waals surface area (Å²) in [7, 11) is 0. The Balaban J connectivity index is 1.30. The van der Waals surface area contributed by atoms with Crippen molar-refractivity contribution in [1.29, 1.82) is 0 Å². The number of rotatable bonds is 6. The summed E-state index contributed by atoms with van der Waals surface area (Å²) in [5, 5.41) is 3.99. The maximum absolute atomic E-state index is 13.2. The Morgan fingerprint density at radius 3 is 2.71 bits per heavy atom. The maximum Gasteiger partial charge on any atom is 0.234 e. The maximum atomic E-state index is 13.2. The largest absolute Gasteiger partial charge is 0.454 e. The summed E-state index contributed by atoms with van der Waals surface area (Å²) in [6, 6.07) is 19.9. The first kappa shape index (κ1) is 19.5. The summed E-state index contributed by atoms with van der Waals surface area (Å²) >= 11 is 1.49. The van der Waals surface area contributed by atoms with Gasteiger partial charge in [-0.2, -0.15) is 0 Å². The summed E-state index contributed by atoms with van der Waals surface area (Å²) < 4.78 is 26.0. The molecule has 3 aromatic carbocycles. The molecular formula is C24H19FN2O3S. The van der Waals surface area contributed by atoms with Crippen LogP contribution in [0.3, 0.4) is 0 Å². The molecule has 5 rings (SSSR count). The zero-order valence-corrected chi connectivity index (χ0v) is 17.3. The van der Waals surface area contributed by atoms with Gasteiger partial charge in [-0.05, 0) is 35.9 Å². The molecule has 0 radical (unpaired) electrons. The third-order valence-electron chi connectivity index (χ3n) is 5.03. The molecule has 2 heterocycles. The van der Waals surface area contributed by atoms with E-state index in [1.165, 1.54) is 23.9 Å². The van der Waals surface area contributed by atoms with Crippen LogP contribution in [-0.4, -0.2) is 23.0 Å². The van der Waals surface area contributed by atoms with Gasteiger partial charge in [-0.15, -0.1) is 11.8 Å². The van der Waals surface area contributed by atoms with Crippen molar-refractivity contribution in [3.05, 3.63) is 84.3 Å². The van der Waals surface area contributed by atoms with Crippen molar-refractivity contribution >= 4 is 34.3 Å². The molecule has 1 aliphatic rings. The number of ether oxygens (including phenoxy) is 2. The average molecular weight is 434 g/mol. The molecule has 0 unspecified atom stereocenters. The second kappa shape index (κ2) is 8.35. The molecule has 0 aliphatic carbocycles. The van der Waals surface area contributed by atoms with E-state index in [1.807, 2.05) is 18.3 Å². The number of benzene rings is 3. The second-order valence-corrected chi connectivity index (χ2v) is 8.19. The lowest BCUT2D eigenvalue weighted by molar-refractivity contribution is -0.113. The lowest BCUT2D eigenvalue weighted by Crippen LogP contribution is -2.13. The quantitative estimate of drug-likeness (QED) is 0.419. The van der Waals surface area contributed by atoms with Crippen molar-refractivity contribution in [3.8, 4) is 11.5 Å². The Labute approximate surface area is 182 Å². The minimum Gasteiger partial charge on any atom is -0.454 e. The molecule has 5 nitrogen and oxygen atoms in total. The van der Waals surface area contributed by atoms with Crippen LogP contribution >= 0.6 is 11.8 Å². The van der Waals surface area contributed by atoms with E-state index in [0.717, 1.165) is 21.4 Å². The number of para-hydroxylation sites is 1. The lowest BCUT2D eigenvalue weighted by Gasteiger charge is -2.06. The van der Waals surface area contributed by atoms with Gasteiger partial charge in [0.2, 0.25) is 12.7 Å². The Hall–Kier alpha value is -3.45. The molecule has 7 heteroatoms. The Morgan fingerprint density at radius 2 is 1.84 bits per heavy atom. The number of amides is 1. The minimum absolute atomic E-state index is 0.0979. The predicted octanol–water partition coefficient (Wildman–Crippen LogP) is 5.29. The molecule has 156 valence electrons. The molecule has 1 aliphatic heterocycles. The van der Waals surface area contributed by atoms with Crippen LogP contribution in [0.15, 0.2) is 77.8 Å². The zero-order chi connectivity index (χ0) is 21.2. The number of hydrogen-bond acceptors (Lipinski definition) is 4. The Kier molecular flexibility index (Phi) is 5.26. The molecule has 0 fully saturated rings. The van der Waals surface area contributed by atoms with Crippen molar-refractivity contribution < 1.29 is 18.7 Å². The number of hydrogen-bond donors (Lipinski definition) is 1. The van der Waals surface area contributed by atoms with Crippen molar-refractivity contribution in [3.63, 3.8) is 0 Å². The van der Waals surface area contributed by atoms with E-state index in [0.29, 0.717) is 23.7 Å². The van der Waals surface area contributed by atoms with Gasteiger partial charge in [0.15, 0.2) is 11.5 Å². The standard InChI is InChI=1S/C24H19FN2O3S/c25-17-7-5-16(6-8-17)12-27-13-23(19-3-1-2-4-20(19)27)31-14-24(28)26-18-9-10-21-22(11-18)30-15-29-21/h1-11,13H,12,14-15H2,(H,26,28). The van der Waals surface area contributed by atoms with Gasteiger partial charge in [0.25, 0.3) is 0 Å². The van der Waals surface area contributed by atoms with E-state index >= 15 is 0 Å². The normalized spacial score (nSPS) is 12.3. The monoisotopic (exact) mass is 434 g/mol. The van der Waals surface area contributed by atoms with Crippen molar-refractivity contribution in [2.24, 2.45) is 0 Å². The van der Waals surface area contributed by atoms with E-state index in [2.05, 4.69) is 22.0 Å². The van der Waals surface area contributed by atoms with Gasteiger partial charge in [0.05, 0.1) is 5.75 Å². The van der Waals surface area contributed by atoms with E-state index in [-0.39, 0.29) is 24.3 Å². The van der Waals surface area contributed by atoms with Gasteiger partial charge in [0, 0.05) is 40.3 Å². The van der Waals surface area contributed by atoms with Crippen molar-refractivity contribution in [2.45, 2.75) is 11.4 Å². The molecule has 1 aromatic heterocycles. The molecule has 0 spiro atoms. The van der Waals surface area contributed by atoms with Crippen LogP contribution in [0.5, 0.6) is 11.5 Å². The summed E-state index contributed by atoms with van der Waals surface area (Å²) in [5.41, 5.74) is 2.76. The number of nitrogens with one attached hydrogen (secondary N) is 1. The van der Waals surface area contributed by atoms with Gasteiger partial charge < -0.3 is 19.4 Å². The molecule has 31 heavy (non-hydrogen) atoms. The van der Waals surface area contributed by atoms with Gasteiger partial charge in [-0.1, -0.05) is 30.3 Å². The van der Waals surface area contributed by atoms with Crippen LogP contribution in [0, 0.1) is 5.82 Å². The molecule has 0 bridgehead atoms. The first-order chi connectivity index (χ1) is 15.2. The van der Waals surface area contributed by atoms with Gasteiger partial charge >= 0.3 is 0 Å². The van der Waals surface area contributed by atoms with Crippen LogP contribution in [0.4, 0.5) is 10.1 Å². The average Bonchev–Trinajstić information content (AvgIpc) is 3.38. The summed E-state index contributed by atoms with van der Waals surface area (Å²) in [5.74, 6) is 1.25. The number of fused-ring (bicyclic) bond motifs is 2. The number of carbonyl (C=O) groups is 1. The topological polar surface area (TPSA) is 52.5 Å². The third-order valence-corrected chi connectivity index (χ3v) is 6.08. The highest BCUT2D eigenvalue weighted by Gasteiger charge is 2.15. The van der Waals surface area contributed by atoms with Crippen LogP contribution in [0.2, 0.25) is 0 Å². The Morgan fingerprint density at radius 1 is 1.03 bits per heavy atom. The minimum atomic E-state index is -0.245. The number of thioether (sulfide) groups is 1. The lowest BCUT2D eigenvalue weighted by atomic mass is 10.2. The van der Waals surface area contributed by atoms with Gasteiger partial charge in [-0.3, -0.25) is 4.79 Å². The highest BCUT2D eigenvalue weighted by Crippen LogP contribution is 2.34. The number of carbonyl (C=O) groups excluding carboxylic acids is 1. The zero-order valence-electron chi connectivity index (χ0n) is 16.5. The molecule has 4 aromatic rings. The molecule has 0 saturated heterocycles. The Bertz CT molecular complexity index is 1250. The fourth-order valence-electron chi connectivity index (χ4n) is 3.56. The highest BCUT2D eigenvalue weighted by molar-refractivity contribution is 8.00. The smallest absolute Gasteiger partial charge is 0.234 e. The van der Waals surface area contributed by atoms with Gasteiger partial charge in [0.1, 0.15) is 5.82 Å². The predicted molar refractivity (Wildman–Crippen MR) is 119 cm³/mol. The molecule has 0 saturated carbocycles. The fourth-order valence-corrected chi connectivity index (χ4v) is 4.45. The van der Waals surface area contributed by atoms with Crippen LogP contribution in [0.1, 0.15) is 5.56 Å². The number of anilines is 1. The van der Waals surface area contributed by atoms with Crippen molar-refractivity contribution in [2.75, 3.05) is 17.9 Å².